The van der Waals surface area contributed by atoms with Gasteiger partial charge in [0.1, 0.15) is 0 Å². The van der Waals surface area contributed by atoms with E-state index < -0.39 is 10.2 Å². The molecule has 0 aromatic carbocycles. The summed E-state index contributed by atoms with van der Waals surface area (Å²) in [5.41, 5.74) is 5.54. The van der Waals surface area contributed by atoms with Crippen LogP contribution in [0.1, 0.15) is 6.42 Å². The van der Waals surface area contributed by atoms with E-state index in [1.165, 1.54) is 11.4 Å². The van der Waals surface area contributed by atoms with E-state index in [4.69, 9.17) is 5.73 Å². The van der Waals surface area contributed by atoms with Crippen molar-refractivity contribution in [3.8, 4) is 0 Å². The van der Waals surface area contributed by atoms with Crippen molar-refractivity contribution in [3.05, 3.63) is 0 Å². The minimum atomic E-state index is -3.23. The average molecular weight is 179 g/mol. The zero-order valence-corrected chi connectivity index (χ0v) is 7.26. The molecule has 1 atom stereocenters. The summed E-state index contributed by atoms with van der Waals surface area (Å²) in [6.45, 7) is 0.966. The van der Waals surface area contributed by atoms with Gasteiger partial charge in [-0.25, -0.2) is 4.72 Å². The van der Waals surface area contributed by atoms with Crippen molar-refractivity contribution in [3.63, 3.8) is 0 Å². The predicted molar refractivity (Wildman–Crippen MR) is 42.1 cm³/mol. The SMILES string of the molecule is CNS(=O)(=O)N1CC[C@H](N)C1. The van der Waals surface area contributed by atoms with E-state index in [2.05, 4.69) is 4.72 Å². The summed E-state index contributed by atoms with van der Waals surface area (Å²) in [6, 6.07) is -0.00174. The van der Waals surface area contributed by atoms with Crippen molar-refractivity contribution >= 4 is 10.2 Å². The Kier molecular flexibility index (Phi) is 2.48. The van der Waals surface area contributed by atoms with Crippen molar-refractivity contribution in [1.82, 2.24) is 9.03 Å². The molecule has 0 radical (unpaired) electrons. The number of hydrogen-bond acceptors (Lipinski definition) is 3. The van der Waals surface area contributed by atoms with Crippen LogP contribution < -0.4 is 10.5 Å². The molecule has 0 bridgehead atoms. The fraction of sp³-hybridized carbons (Fsp3) is 1.00. The molecule has 0 aromatic rings. The van der Waals surface area contributed by atoms with Gasteiger partial charge in [0.25, 0.3) is 10.2 Å². The van der Waals surface area contributed by atoms with Crippen molar-refractivity contribution < 1.29 is 8.42 Å². The normalized spacial score (nSPS) is 27.6. The van der Waals surface area contributed by atoms with E-state index in [-0.39, 0.29) is 6.04 Å². The summed E-state index contributed by atoms with van der Waals surface area (Å²) >= 11 is 0. The lowest BCUT2D eigenvalue weighted by Gasteiger charge is -2.13. The van der Waals surface area contributed by atoms with E-state index in [0.717, 1.165) is 6.42 Å². The third-order valence-corrected chi connectivity index (χ3v) is 3.31. The number of nitrogens with two attached hydrogens (primary N) is 1. The molecule has 3 N–H and O–H groups in total. The molecule has 6 heteroatoms. The second-order valence-electron chi connectivity index (χ2n) is 2.62. The van der Waals surface area contributed by atoms with Gasteiger partial charge in [-0.1, -0.05) is 0 Å². The van der Waals surface area contributed by atoms with Crippen LogP contribution in [0.15, 0.2) is 0 Å². The number of hydrogen-bond donors (Lipinski definition) is 2. The smallest absolute Gasteiger partial charge is 0.279 e. The maximum absolute atomic E-state index is 11.1. The van der Waals surface area contributed by atoms with Crippen molar-refractivity contribution in [2.24, 2.45) is 5.73 Å². The molecule has 1 aliphatic heterocycles. The maximum Gasteiger partial charge on any atom is 0.279 e. The molecular formula is C5H13N3O2S. The van der Waals surface area contributed by atoms with Gasteiger partial charge < -0.3 is 5.73 Å². The second kappa shape index (κ2) is 3.06. The van der Waals surface area contributed by atoms with Gasteiger partial charge in [-0.3, -0.25) is 0 Å². The van der Waals surface area contributed by atoms with Crippen molar-refractivity contribution in [1.29, 1.82) is 0 Å². The Hall–Kier alpha value is -0.170. The van der Waals surface area contributed by atoms with Crippen molar-refractivity contribution in [2.75, 3.05) is 20.1 Å². The van der Waals surface area contributed by atoms with Gasteiger partial charge in [0.05, 0.1) is 0 Å². The highest BCUT2D eigenvalue weighted by molar-refractivity contribution is 7.87. The monoisotopic (exact) mass is 179 g/mol. The molecule has 0 amide bonds. The Morgan fingerprint density at radius 2 is 2.27 bits per heavy atom. The molecule has 0 spiro atoms. The Morgan fingerprint density at radius 3 is 2.64 bits per heavy atom. The molecule has 1 heterocycles. The molecule has 1 saturated heterocycles. The first-order valence-corrected chi connectivity index (χ1v) is 4.94. The van der Waals surface area contributed by atoms with Crippen LogP contribution in [0.25, 0.3) is 0 Å². The third kappa shape index (κ3) is 1.90. The molecule has 1 rings (SSSR count). The molecule has 66 valence electrons. The number of nitrogens with one attached hydrogen (secondary N) is 1. The van der Waals surface area contributed by atoms with E-state index in [9.17, 15) is 8.42 Å². The molecular weight excluding hydrogens is 166 g/mol. The Labute approximate surface area is 66.7 Å². The third-order valence-electron chi connectivity index (χ3n) is 1.79. The van der Waals surface area contributed by atoms with Crippen LogP contribution in [0.3, 0.4) is 0 Å². The zero-order valence-electron chi connectivity index (χ0n) is 6.45. The largest absolute Gasteiger partial charge is 0.326 e. The minimum absolute atomic E-state index is 0.00174. The maximum atomic E-state index is 11.1. The van der Waals surface area contributed by atoms with Crippen LogP contribution in [-0.2, 0) is 10.2 Å². The van der Waals surface area contributed by atoms with Gasteiger partial charge in [0, 0.05) is 26.2 Å². The first kappa shape index (κ1) is 8.92. The molecule has 1 fully saturated rings. The van der Waals surface area contributed by atoms with Crippen LogP contribution in [0.4, 0.5) is 0 Å². The van der Waals surface area contributed by atoms with E-state index in [0.29, 0.717) is 13.1 Å². The first-order chi connectivity index (χ1) is 5.06. The van der Waals surface area contributed by atoms with Gasteiger partial charge in [0.2, 0.25) is 0 Å². The lowest BCUT2D eigenvalue weighted by molar-refractivity contribution is 0.465. The van der Waals surface area contributed by atoms with E-state index >= 15 is 0 Å². The molecule has 0 aromatic heterocycles. The van der Waals surface area contributed by atoms with Gasteiger partial charge >= 0.3 is 0 Å². The molecule has 11 heavy (non-hydrogen) atoms. The first-order valence-electron chi connectivity index (χ1n) is 3.50. The van der Waals surface area contributed by atoms with Gasteiger partial charge in [0.15, 0.2) is 0 Å². The topological polar surface area (TPSA) is 75.4 Å². The fourth-order valence-electron chi connectivity index (χ4n) is 1.10. The lowest BCUT2D eigenvalue weighted by atomic mass is 10.3. The molecule has 0 aliphatic carbocycles. The quantitative estimate of drug-likeness (QED) is 0.541. The predicted octanol–water partition coefficient (Wildman–Crippen LogP) is -1.52. The standard InChI is InChI=1S/C5H13N3O2S/c1-7-11(9,10)8-3-2-5(6)4-8/h5,7H,2-4,6H2,1H3/t5-/m0/s1. The lowest BCUT2D eigenvalue weighted by Crippen LogP contribution is -2.38. The van der Waals surface area contributed by atoms with E-state index in [1.54, 1.807) is 0 Å². The Bertz CT molecular complexity index is 226. The van der Waals surface area contributed by atoms with Gasteiger partial charge in [-0.2, -0.15) is 12.7 Å². The Balaban J connectivity index is 2.64. The van der Waals surface area contributed by atoms with Crippen LogP contribution in [0, 0.1) is 0 Å². The van der Waals surface area contributed by atoms with Crippen LogP contribution in [0.5, 0.6) is 0 Å². The number of nitrogens with zero attached hydrogens (tertiary/aromatic N) is 1. The van der Waals surface area contributed by atoms with Crippen LogP contribution in [-0.4, -0.2) is 38.9 Å². The van der Waals surface area contributed by atoms with E-state index in [1.807, 2.05) is 0 Å². The van der Waals surface area contributed by atoms with Gasteiger partial charge in [-0.05, 0) is 6.42 Å². The van der Waals surface area contributed by atoms with Crippen LogP contribution >= 0.6 is 0 Å². The highest BCUT2D eigenvalue weighted by atomic mass is 32.2. The average Bonchev–Trinajstić information content (AvgIpc) is 2.36. The van der Waals surface area contributed by atoms with Crippen molar-refractivity contribution in [2.45, 2.75) is 12.5 Å². The Morgan fingerprint density at radius 1 is 1.64 bits per heavy atom. The zero-order chi connectivity index (χ0) is 8.48. The highest BCUT2D eigenvalue weighted by Crippen LogP contribution is 2.09. The molecule has 1 aliphatic rings. The summed E-state index contributed by atoms with van der Waals surface area (Å²) in [5.74, 6) is 0. The summed E-state index contributed by atoms with van der Waals surface area (Å²) in [5, 5.41) is 0. The fourth-order valence-corrected chi connectivity index (χ4v) is 2.09. The molecule has 5 nitrogen and oxygen atoms in total. The summed E-state index contributed by atoms with van der Waals surface area (Å²) in [4.78, 5) is 0. The summed E-state index contributed by atoms with van der Waals surface area (Å²) in [6.07, 6.45) is 0.751. The molecule has 0 saturated carbocycles. The highest BCUT2D eigenvalue weighted by Gasteiger charge is 2.27. The number of rotatable bonds is 2. The summed E-state index contributed by atoms with van der Waals surface area (Å²) < 4.78 is 25.8. The van der Waals surface area contributed by atoms with Crippen LogP contribution in [0.2, 0.25) is 0 Å². The summed E-state index contributed by atoms with van der Waals surface area (Å²) in [7, 11) is -1.83. The minimum Gasteiger partial charge on any atom is -0.326 e. The van der Waals surface area contributed by atoms with Gasteiger partial charge in [-0.15, -0.1) is 0 Å². The molecule has 0 unspecified atom stereocenters. The second-order valence-corrected chi connectivity index (χ2v) is 4.49.